The van der Waals surface area contributed by atoms with Crippen molar-refractivity contribution in [3.8, 4) is 17.4 Å². The van der Waals surface area contributed by atoms with Gasteiger partial charge < -0.3 is 24.6 Å². The Balaban J connectivity index is 1.29. The summed E-state index contributed by atoms with van der Waals surface area (Å²) in [5.41, 5.74) is 1.05. The number of piperazine rings is 1. The van der Waals surface area contributed by atoms with E-state index in [-0.39, 0.29) is 0 Å². The molecule has 1 saturated heterocycles. The summed E-state index contributed by atoms with van der Waals surface area (Å²) in [6, 6.07) is 17.5. The maximum absolute atomic E-state index is 5.91. The van der Waals surface area contributed by atoms with Gasteiger partial charge in [-0.2, -0.15) is 0 Å². The van der Waals surface area contributed by atoms with E-state index < -0.39 is 0 Å². The summed E-state index contributed by atoms with van der Waals surface area (Å²) >= 11 is 0. The smallest absolute Gasteiger partial charge is 0.219 e. The van der Waals surface area contributed by atoms with Gasteiger partial charge in [-0.1, -0.05) is 24.3 Å². The zero-order chi connectivity index (χ0) is 22.9. The SMILES string of the molecule is CCOc1ccccc1Oc1ccc(CNC(=NC)N2CCN(c3ccccn3)CC2)cn1. The predicted molar refractivity (Wildman–Crippen MR) is 130 cm³/mol. The van der Waals surface area contributed by atoms with Crippen LogP contribution in [0.15, 0.2) is 72.0 Å². The van der Waals surface area contributed by atoms with Gasteiger partial charge in [0.05, 0.1) is 6.61 Å². The number of rotatable bonds is 7. The number of nitrogens with one attached hydrogen (secondary N) is 1. The van der Waals surface area contributed by atoms with Gasteiger partial charge in [-0.3, -0.25) is 4.99 Å². The minimum absolute atomic E-state index is 0.529. The molecule has 0 unspecified atom stereocenters. The molecule has 4 rings (SSSR count). The second-order valence-electron chi connectivity index (χ2n) is 7.55. The molecule has 2 aromatic heterocycles. The van der Waals surface area contributed by atoms with E-state index in [0.29, 0.717) is 30.5 Å². The molecule has 0 aliphatic carbocycles. The van der Waals surface area contributed by atoms with Crippen molar-refractivity contribution in [2.24, 2.45) is 4.99 Å². The van der Waals surface area contributed by atoms with Gasteiger partial charge in [-0.15, -0.1) is 0 Å². The van der Waals surface area contributed by atoms with Gasteiger partial charge in [0.1, 0.15) is 5.82 Å². The summed E-state index contributed by atoms with van der Waals surface area (Å²) in [4.78, 5) is 17.9. The van der Waals surface area contributed by atoms with E-state index in [2.05, 4.69) is 36.1 Å². The third-order valence-electron chi connectivity index (χ3n) is 5.38. The fraction of sp³-hybridized carbons (Fsp3) is 0.320. The van der Waals surface area contributed by atoms with Crippen LogP contribution in [0.25, 0.3) is 0 Å². The molecule has 3 aromatic rings. The molecule has 1 N–H and O–H groups in total. The largest absolute Gasteiger partial charge is 0.490 e. The summed E-state index contributed by atoms with van der Waals surface area (Å²) in [7, 11) is 1.82. The minimum atomic E-state index is 0.529. The lowest BCUT2D eigenvalue weighted by Crippen LogP contribution is -2.52. The number of hydrogen-bond donors (Lipinski definition) is 1. The van der Waals surface area contributed by atoms with Gasteiger partial charge in [0.15, 0.2) is 17.5 Å². The zero-order valence-electron chi connectivity index (χ0n) is 19.1. The van der Waals surface area contributed by atoms with Crippen LogP contribution in [-0.2, 0) is 6.54 Å². The maximum Gasteiger partial charge on any atom is 0.219 e. The number of anilines is 1. The molecular formula is C25H30N6O2. The second-order valence-corrected chi connectivity index (χ2v) is 7.55. The third-order valence-corrected chi connectivity index (χ3v) is 5.38. The Morgan fingerprint density at radius 2 is 1.76 bits per heavy atom. The molecule has 0 saturated carbocycles. The molecule has 3 heterocycles. The number of ether oxygens (including phenoxy) is 2. The fourth-order valence-electron chi connectivity index (χ4n) is 3.70. The number of guanidine groups is 1. The van der Waals surface area contributed by atoms with Crippen molar-refractivity contribution >= 4 is 11.8 Å². The highest BCUT2D eigenvalue weighted by molar-refractivity contribution is 5.80. The Morgan fingerprint density at radius 1 is 0.970 bits per heavy atom. The Hall–Kier alpha value is -3.81. The summed E-state index contributed by atoms with van der Waals surface area (Å²) in [5.74, 6) is 3.81. The standard InChI is InChI=1S/C25H30N6O2/c1-3-32-21-8-4-5-9-22(21)33-24-12-11-20(18-28-24)19-29-25(26-2)31-16-14-30(15-17-31)23-10-6-7-13-27-23/h4-13,18H,3,14-17,19H2,1-2H3,(H,26,29). The first-order valence-corrected chi connectivity index (χ1v) is 11.2. The van der Waals surface area contributed by atoms with E-state index >= 15 is 0 Å². The van der Waals surface area contributed by atoms with Crippen LogP contribution in [0.1, 0.15) is 12.5 Å². The molecule has 1 aliphatic heterocycles. The van der Waals surface area contributed by atoms with Crippen molar-refractivity contribution in [1.29, 1.82) is 0 Å². The quantitative estimate of drug-likeness (QED) is 0.439. The summed E-state index contributed by atoms with van der Waals surface area (Å²) < 4.78 is 11.5. The van der Waals surface area contributed by atoms with Crippen molar-refractivity contribution in [2.75, 3.05) is 44.7 Å². The highest BCUT2D eigenvalue weighted by Gasteiger charge is 2.20. The van der Waals surface area contributed by atoms with E-state index in [9.17, 15) is 0 Å². The molecule has 0 radical (unpaired) electrons. The lowest BCUT2D eigenvalue weighted by atomic mass is 10.2. The zero-order valence-corrected chi connectivity index (χ0v) is 19.1. The van der Waals surface area contributed by atoms with Gasteiger partial charge in [0.25, 0.3) is 0 Å². The number of benzene rings is 1. The van der Waals surface area contributed by atoms with Crippen molar-refractivity contribution in [3.05, 3.63) is 72.6 Å². The average Bonchev–Trinajstić information content (AvgIpc) is 2.88. The molecule has 0 spiro atoms. The van der Waals surface area contributed by atoms with E-state index in [1.807, 2.05) is 74.9 Å². The van der Waals surface area contributed by atoms with Crippen LogP contribution in [-0.4, -0.2) is 60.7 Å². The normalized spacial score (nSPS) is 14.2. The Labute approximate surface area is 194 Å². The maximum atomic E-state index is 5.91. The number of aliphatic imine (C=N–C) groups is 1. The van der Waals surface area contributed by atoms with Crippen molar-refractivity contribution < 1.29 is 9.47 Å². The summed E-state index contributed by atoms with van der Waals surface area (Å²) in [6.45, 7) is 6.77. The average molecular weight is 447 g/mol. The molecule has 1 fully saturated rings. The highest BCUT2D eigenvalue weighted by Crippen LogP contribution is 2.30. The van der Waals surface area contributed by atoms with Crippen LogP contribution in [0.4, 0.5) is 5.82 Å². The van der Waals surface area contributed by atoms with E-state index in [4.69, 9.17) is 9.47 Å². The first kappa shape index (κ1) is 22.4. The van der Waals surface area contributed by atoms with Crippen molar-refractivity contribution in [1.82, 2.24) is 20.2 Å². The molecule has 172 valence electrons. The lowest BCUT2D eigenvalue weighted by Gasteiger charge is -2.37. The first-order chi connectivity index (χ1) is 16.3. The van der Waals surface area contributed by atoms with Crippen LogP contribution in [0.3, 0.4) is 0 Å². The molecule has 33 heavy (non-hydrogen) atoms. The van der Waals surface area contributed by atoms with Gasteiger partial charge >= 0.3 is 0 Å². The summed E-state index contributed by atoms with van der Waals surface area (Å²) in [5, 5.41) is 3.45. The number of hydrogen-bond acceptors (Lipinski definition) is 6. The number of aromatic nitrogens is 2. The molecule has 8 nitrogen and oxygen atoms in total. The fourth-order valence-corrected chi connectivity index (χ4v) is 3.70. The van der Waals surface area contributed by atoms with Crippen molar-refractivity contribution in [3.63, 3.8) is 0 Å². The van der Waals surface area contributed by atoms with Crippen LogP contribution in [0.5, 0.6) is 17.4 Å². The highest BCUT2D eigenvalue weighted by atomic mass is 16.5. The van der Waals surface area contributed by atoms with Crippen LogP contribution >= 0.6 is 0 Å². The molecule has 0 amide bonds. The third kappa shape index (κ3) is 5.91. The van der Waals surface area contributed by atoms with Crippen molar-refractivity contribution in [2.45, 2.75) is 13.5 Å². The van der Waals surface area contributed by atoms with Gasteiger partial charge in [0, 0.05) is 58.2 Å². The monoisotopic (exact) mass is 446 g/mol. The van der Waals surface area contributed by atoms with Crippen LogP contribution < -0.4 is 19.7 Å². The number of pyridine rings is 2. The van der Waals surface area contributed by atoms with Gasteiger partial charge in [-0.25, -0.2) is 9.97 Å². The molecule has 0 atom stereocenters. The molecule has 0 bridgehead atoms. The predicted octanol–water partition coefficient (Wildman–Crippen LogP) is 3.57. The Kier molecular flexibility index (Phi) is 7.58. The topological polar surface area (TPSA) is 75.1 Å². The lowest BCUT2D eigenvalue weighted by molar-refractivity contribution is 0.319. The van der Waals surface area contributed by atoms with Gasteiger partial charge in [-0.05, 0) is 36.8 Å². The van der Waals surface area contributed by atoms with Crippen LogP contribution in [0.2, 0.25) is 0 Å². The van der Waals surface area contributed by atoms with E-state index in [1.165, 1.54) is 0 Å². The molecule has 1 aliphatic rings. The second kappa shape index (κ2) is 11.2. The Bertz CT molecular complexity index is 1030. The Morgan fingerprint density at radius 3 is 2.42 bits per heavy atom. The number of nitrogens with zero attached hydrogens (tertiary/aromatic N) is 5. The molecular weight excluding hydrogens is 416 g/mol. The minimum Gasteiger partial charge on any atom is -0.490 e. The van der Waals surface area contributed by atoms with E-state index in [1.54, 1.807) is 0 Å². The first-order valence-electron chi connectivity index (χ1n) is 11.2. The molecule has 8 heteroatoms. The molecule has 1 aromatic carbocycles. The van der Waals surface area contributed by atoms with Gasteiger partial charge in [0.2, 0.25) is 5.88 Å². The van der Waals surface area contributed by atoms with E-state index in [0.717, 1.165) is 43.5 Å². The summed E-state index contributed by atoms with van der Waals surface area (Å²) in [6.07, 6.45) is 3.65. The van der Waals surface area contributed by atoms with Crippen LogP contribution in [0, 0.1) is 0 Å². The number of para-hydroxylation sites is 2.